The predicted octanol–water partition coefficient (Wildman–Crippen LogP) is 2.18. The minimum absolute atomic E-state index is 0.211. The molecule has 1 rings (SSSR count). The number of benzene rings is 1. The van der Waals surface area contributed by atoms with Crippen molar-refractivity contribution in [3.05, 3.63) is 35.9 Å². The third kappa shape index (κ3) is 1.87. The summed E-state index contributed by atoms with van der Waals surface area (Å²) in [6.07, 6.45) is -2.02. The van der Waals surface area contributed by atoms with Crippen molar-refractivity contribution < 1.29 is 13.6 Å². The molecule has 0 aliphatic carbocycles. The number of halogens is 2. The van der Waals surface area contributed by atoms with Crippen LogP contribution in [0, 0.1) is 0 Å². The quantitative estimate of drug-likeness (QED) is 0.635. The van der Waals surface area contributed by atoms with Crippen LogP contribution in [0.5, 0.6) is 0 Å². The second-order valence-electron chi connectivity index (χ2n) is 2.35. The van der Waals surface area contributed by atoms with Gasteiger partial charge in [0.15, 0.2) is 12.0 Å². The van der Waals surface area contributed by atoms with E-state index in [0.717, 1.165) is 0 Å². The molecule has 1 aromatic rings. The van der Waals surface area contributed by atoms with Crippen molar-refractivity contribution in [1.29, 1.82) is 0 Å². The lowest BCUT2D eigenvalue weighted by Crippen LogP contribution is -2.17. The van der Waals surface area contributed by atoms with Gasteiger partial charge in [-0.25, -0.2) is 8.78 Å². The van der Waals surface area contributed by atoms with Crippen LogP contribution < -0.4 is 0 Å². The Bertz CT molecular complexity index is 258. The van der Waals surface area contributed by atoms with Gasteiger partial charge in [-0.3, -0.25) is 4.79 Å². The number of hydrogen-bond donors (Lipinski definition) is 0. The van der Waals surface area contributed by atoms with E-state index in [1.807, 2.05) is 0 Å². The maximum Gasteiger partial charge on any atom is 0.199 e. The monoisotopic (exact) mass is 170 g/mol. The van der Waals surface area contributed by atoms with Crippen molar-refractivity contribution in [1.82, 2.24) is 0 Å². The topological polar surface area (TPSA) is 17.1 Å². The van der Waals surface area contributed by atoms with E-state index in [-0.39, 0.29) is 5.56 Å². The van der Waals surface area contributed by atoms with Crippen molar-refractivity contribution in [3.63, 3.8) is 0 Å². The molecule has 0 N–H and O–H groups in total. The van der Waals surface area contributed by atoms with Crippen molar-refractivity contribution in [2.75, 3.05) is 6.67 Å². The molecule has 0 aliphatic heterocycles. The first-order valence-electron chi connectivity index (χ1n) is 3.55. The van der Waals surface area contributed by atoms with Crippen LogP contribution in [-0.2, 0) is 0 Å². The van der Waals surface area contributed by atoms with Crippen LogP contribution in [0.4, 0.5) is 8.78 Å². The van der Waals surface area contributed by atoms with Gasteiger partial charge < -0.3 is 0 Å². The summed E-state index contributed by atoms with van der Waals surface area (Å²) in [5.74, 6) is -0.793. The van der Waals surface area contributed by atoms with E-state index >= 15 is 0 Å². The van der Waals surface area contributed by atoms with Gasteiger partial charge in [-0.2, -0.15) is 0 Å². The summed E-state index contributed by atoms with van der Waals surface area (Å²) in [5.41, 5.74) is 0.211. The molecule has 0 radical (unpaired) electrons. The molecular formula is C9H8F2O. The zero-order valence-corrected chi connectivity index (χ0v) is 6.34. The van der Waals surface area contributed by atoms with E-state index in [2.05, 4.69) is 0 Å². The second-order valence-corrected chi connectivity index (χ2v) is 2.35. The lowest BCUT2D eigenvalue weighted by Gasteiger charge is -2.01. The zero-order valence-electron chi connectivity index (χ0n) is 6.34. The third-order valence-corrected chi connectivity index (χ3v) is 1.48. The highest BCUT2D eigenvalue weighted by Crippen LogP contribution is 2.06. The van der Waals surface area contributed by atoms with Crippen LogP contribution in [0.1, 0.15) is 10.4 Å². The first kappa shape index (κ1) is 8.84. The minimum atomic E-state index is -2.02. The van der Waals surface area contributed by atoms with Crippen molar-refractivity contribution in [2.24, 2.45) is 0 Å². The molecule has 0 heterocycles. The lowest BCUT2D eigenvalue weighted by atomic mass is 10.1. The fourth-order valence-electron chi connectivity index (χ4n) is 0.853. The van der Waals surface area contributed by atoms with Crippen LogP contribution in [0.25, 0.3) is 0 Å². The summed E-state index contributed by atoms with van der Waals surface area (Å²) >= 11 is 0. The average Bonchev–Trinajstić information content (AvgIpc) is 2.17. The molecule has 12 heavy (non-hydrogen) atoms. The number of carbonyl (C=O) groups is 1. The molecule has 0 saturated carbocycles. The number of carbonyl (C=O) groups excluding carboxylic acids is 1. The van der Waals surface area contributed by atoms with Gasteiger partial charge in [0.1, 0.15) is 6.67 Å². The van der Waals surface area contributed by atoms with E-state index in [9.17, 15) is 13.6 Å². The van der Waals surface area contributed by atoms with Gasteiger partial charge in [0.2, 0.25) is 0 Å². The Balaban J connectivity index is 2.79. The van der Waals surface area contributed by atoms with Gasteiger partial charge in [-0.05, 0) is 0 Å². The van der Waals surface area contributed by atoms with Gasteiger partial charge in [-0.15, -0.1) is 0 Å². The van der Waals surface area contributed by atoms with Crippen LogP contribution >= 0.6 is 0 Å². The molecule has 0 bridgehead atoms. The normalized spacial score (nSPS) is 12.5. The van der Waals surface area contributed by atoms with E-state index in [0.29, 0.717) is 0 Å². The second kappa shape index (κ2) is 3.95. The fraction of sp³-hybridized carbons (Fsp3) is 0.222. The maximum absolute atomic E-state index is 12.5. The summed E-state index contributed by atoms with van der Waals surface area (Å²) in [6, 6.07) is 7.85. The van der Waals surface area contributed by atoms with Crippen molar-refractivity contribution >= 4 is 5.78 Å². The van der Waals surface area contributed by atoms with E-state index in [4.69, 9.17) is 0 Å². The van der Waals surface area contributed by atoms with Crippen LogP contribution in [-0.4, -0.2) is 18.6 Å². The Morgan fingerprint density at radius 1 is 1.33 bits per heavy atom. The Morgan fingerprint density at radius 2 is 1.92 bits per heavy atom. The fourth-order valence-corrected chi connectivity index (χ4v) is 0.853. The molecule has 0 spiro atoms. The average molecular weight is 170 g/mol. The molecule has 1 aromatic carbocycles. The lowest BCUT2D eigenvalue weighted by molar-refractivity contribution is 0.0850. The van der Waals surface area contributed by atoms with Crippen molar-refractivity contribution in [3.8, 4) is 0 Å². The minimum Gasteiger partial charge on any atom is -0.291 e. The van der Waals surface area contributed by atoms with E-state index < -0.39 is 18.6 Å². The molecule has 1 atom stereocenters. The largest absolute Gasteiger partial charge is 0.291 e. The predicted molar refractivity (Wildman–Crippen MR) is 41.6 cm³/mol. The molecule has 1 nitrogen and oxygen atoms in total. The number of hydrogen-bond acceptors (Lipinski definition) is 1. The summed E-state index contributed by atoms with van der Waals surface area (Å²) in [7, 11) is 0. The van der Waals surface area contributed by atoms with E-state index in [1.54, 1.807) is 18.2 Å². The van der Waals surface area contributed by atoms with Crippen LogP contribution in [0.15, 0.2) is 30.3 Å². The Kier molecular flexibility index (Phi) is 2.91. The number of ketones is 1. The standard InChI is InChI=1S/C9H8F2O/c10-6-8(11)9(12)7-4-2-1-3-5-7/h1-5,8H,6H2. The Morgan fingerprint density at radius 3 is 2.42 bits per heavy atom. The zero-order chi connectivity index (χ0) is 8.97. The first-order valence-corrected chi connectivity index (χ1v) is 3.55. The summed E-state index contributed by atoms with van der Waals surface area (Å²) in [6.45, 7) is -1.26. The summed E-state index contributed by atoms with van der Waals surface area (Å²) < 4.78 is 24.2. The molecule has 64 valence electrons. The summed E-state index contributed by atoms with van der Waals surface area (Å²) in [4.78, 5) is 11.0. The smallest absolute Gasteiger partial charge is 0.199 e. The van der Waals surface area contributed by atoms with Gasteiger partial charge in [0.25, 0.3) is 0 Å². The highest BCUT2D eigenvalue weighted by atomic mass is 19.2. The van der Waals surface area contributed by atoms with Gasteiger partial charge in [0.05, 0.1) is 0 Å². The molecular weight excluding hydrogens is 162 g/mol. The highest BCUT2D eigenvalue weighted by molar-refractivity contribution is 5.99. The maximum atomic E-state index is 12.5. The summed E-state index contributed by atoms with van der Waals surface area (Å²) in [5, 5.41) is 0. The number of alkyl halides is 2. The highest BCUT2D eigenvalue weighted by Gasteiger charge is 2.17. The molecule has 0 fully saturated rings. The SMILES string of the molecule is O=C(c1ccccc1)C(F)CF. The Labute approximate surface area is 69.0 Å². The Hall–Kier alpha value is -1.25. The van der Waals surface area contributed by atoms with Gasteiger partial charge in [0, 0.05) is 5.56 Å². The van der Waals surface area contributed by atoms with Crippen LogP contribution in [0.2, 0.25) is 0 Å². The number of Topliss-reactive ketones (excluding diaryl/α,β-unsaturated/α-hetero) is 1. The number of rotatable bonds is 3. The van der Waals surface area contributed by atoms with Gasteiger partial charge in [-0.1, -0.05) is 30.3 Å². The van der Waals surface area contributed by atoms with Crippen LogP contribution in [0.3, 0.4) is 0 Å². The van der Waals surface area contributed by atoms with E-state index in [1.165, 1.54) is 12.1 Å². The molecule has 0 saturated heterocycles. The molecule has 0 amide bonds. The van der Waals surface area contributed by atoms with Gasteiger partial charge >= 0.3 is 0 Å². The first-order chi connectivity index (χ1) is 5.75. The third-order valence-electron chi connectivity index (χ3n) is 1.48. The van der Waals surface area contributed by atoms with Crippen molar-refractivity contribution in [2.45, 2.75) is 6.17 Å². The molecule has 3 heteroatoms. The molecule has 0 aromatic heterocycles. The molecule has 1 unspecified atom stereocenters. The molecule has 0 aliphatic rings.